The Kier molecular flexibility index (Phi) is 4.35. The molecule has 0 aliphatic heterocycles. The third kappa shape index (κ3) is 4.73. The lowest BCUT2D eigenvalue weighted by Crippen LogP contribution is -2.27. The van der Waals surface area contributed by atoms with Crippen LogP contribution in [0.2, 0.25) is 0 Å². The first kappa shape index (κ1) is 15.2. The smallest absolute Gasteiger partial charge is 0.412 e. The molecule has 0 atom stereocenters. The summed E-state index contributed by atoms with van der Waals surface area (Å²) >= 11 is 0. The van der Waals surface area contributed by atoms with E-state index in [2.05, 4.69) is 5.32 Å². The molecule has 0 heterocycles. The third-order valence-corrected chi connectivity index (χ3v) is 2.55. The van der Waals surface area contributed by atoms with Gasteiger partial charge in [-0.2, -0.15) is 0 Å². The van der Waals surface area contributed by atoms with E-state index in [-0.39, 0.29) is 0 Å². The van der Waals surface area contributed by atoms with Crippen molar-refractivity contribution in [3.63, 3.8) is 0 Å². The van der Waals surface area contributed by atoms with E-state index in [4.69, 9.17) is 4.74 Å². The number of ether oxygens (including phenoxy) is 1. The first-order valence-corrected chi connectivity index (χ1v) is 6.21. The number of carbonyl (C=O) groups excluding carboxylic acids is 2. The zero-order chi connectivity index (χ0) is 14.7. The van der Waals surface area contributed by atoms with Gasteiger partial charge in [0.25, 0.3) is 0 Å². The van der Waals surface area contributed by atoms with Gasteiger partial charge in [-0.1, -0.05) is 12.1 Å². The van der Waals surface area contributed by atoms with Gasteiger partial charge in [-0.3, -0.25) is 5.32 Å². The summed E-state index contributed by atoms with van der Waals surface area (Å²) in [5.41, 5.74) is 0.341. The van der Waals surface area contributed by atoms with Crippen molar-refractivity contribution in [2.24, 2.45) is 0 Å². The van der Waals surface area contributed by atoms with Crippen LogP contribution in [0.25, 0.3) is 0 Å². The fourth-order valence-electron chi connectivity index (χ4n) is 1.49. The summed E-state index contributed by atoms with van der Waals surface area (Å²) in [6.07, 6.45) is 0.383. The number of nitrogens with one attached hydrogen (secondary N) is 1. The molecule has 0 unspecified atom stereocenters. The van der Waals surface area contributed by atoms with E-state index in [1.54, 1.807) is 39.0 Å². The van der Waals surface area contributed by atoms with Gasteiger partial charge in [0.05, 0.1) is 0 Å². The molecule has 0 aliphatic carbocycles. The lowest BCUT2D eigenvalue weighted by Gasteiger charge is -2.21. The van der Waals surface area contributed by atoms with Gasteiger partial charge in [-0.25, -0.2) is 4.79 Å². The predicted octanol–water partition coefficient (Wildman–Crippen LogP) is 3.51. The molecule has 0 bridgehead atoms. The lowest BCUT2D eigenvalue weighted by atomic mass is 9.86. The monoisotopic (exact) mass is 263 g/mol. The van der Waals surface area contributed by atoms with E-state index in [1.165, 1.54) is 0 Å². The van der Waals surface area contributed by atoms with Gasteiger partial charge in [-0.15, -0.1) is 0 Å². The molecule has 1 aromatic carbocycles. The van der Waals surface area contributed by atoms with Crippen LogP contribution in [0.3, 0.4) is 0 Å². The Hall–Kier alpha value is -1.84. The summed E-state index contributed by atoms with van der Waals surface area (Å²) in [5.74, 6) is 0. The number of benzene rings is 1. The molecule has 104 valence electrons. The van der Waals surface area contributed by atoms with Crippen LogP contribution in [0.15, 0.2) is 24.3 Å². The minimum atomic E-state index is -0.578. The molecule has 0 saturated carbocycles. The van der Waals surface area contributed by atoms with Gasteiger partial charge in [0.15, 0.2) is 0 Å². The van der Waals surface area contributed by atoms with Crippen LogP contribution >= 0.6 is 0 Å². The maximum absolute atomic E-state index is 11.7. The number of carbonyl (C=O) groups is 2. The number of hydrogen-bond donors (Lipinski definition) is 1. The molecule has 4 heteroatoms. The summed E-state index contributed by atoms with van der Waals surface area (Å²) in [7, 11) is 0. The first-order valence-electron chi connectivity index (χ1n) is 6.21. The fourth-order valence-corrected chi connectivity index (χ4v) is 1.49. The van der Waals surface area contributed by atoms with Gasteiger partial charge < -0.3 is 9.53 Å². The highest BCUT2D eigenvalue weighted by atomic mass is 16.6. The van der Waals surface area contributed by atoms with Gasteiger partial charge in [0.2, 0.25) is 0 Å². The molecule has 4 nitrogen and oxygen atoms in total. The van der Waals surface area contributed by atoms with Gasteiger partial charge in [0, 0.05) is 11.1 Å². The van der Waals surface area contributed by atoms with Crippen molar-refractivity contribution in [1.29, 1.82) is 0 Å². The Balaban J connectivity index is 2.84. The van der Waals surface area contributed by atoms with E-state index >= 15 is 0 Å². The SMILES string of the molecule is CC(C)(C)OC(=O)Nc1cccc(C(C)(C)C=O)c1. The number of amides is 1. The summed E-state index contributed by atoms with van der Waals surface area (Å²) in [6.45, 7) is 9.06. The van der Waals surface area contributed by atoms with Gasteiger partial charge in [-0.05, 0) is 52.3 Å². The van der Waals surface area contributed by atoms with Crippen molar-refractivity contribution in [2.45, 2.75) is 45.6 Å². The van der Waals surface area contributed by atoms with E-state index in [1.807, 2.05) is 19.9 Å². The Morgan fingerprint density at radius 3 is 2.37 bits per heavy atom. The van der Waals surface area contributed by atoms with Crippen LogP contribution in [0.4, 0.5) is 10.5 Å². The van der Waals surface area contributed by atoms with Crippen LogP contribution in [0.1, 0.15) is 40.2 Å². The van der Waals surface area contributed by atoms with E-state index in [0.29, 0.717) is 5.69 Å². The number of rotatable bonds is 3. The molecule has 0 saturated heterocycles. The summed E-state index contributed by atoms with van der Waals surface area (Å²) in [5, 5.41) is 2.66. The third-order valence-electron chi connectivity index (χ3n) is 2.55. The highest BCUT2D eigenvalue weighted by Gasteiger charge is 2.20. The van der Waals surface area contributed by atoms with Crippen molar-refractivity contribution in [3.8, 4) is 0 Å². The molecule has 1 amide bonds. The quantitative estimate of drug-likeness (QED) is 0.849. The zero-order valence-corrected chi connectivity index (χ0v) is 12.1. The van der Waals surface area contributed by atoms with Gasteiger partial charge >= 0.3 is 6.09 Å². The van der Waals surface area contributed by atoms with Crippen molar-refractivity contribution in [1.82, 2.24) is 0 Å². The lowest BCUT2D eigenvalue weighted by molar-refractivity contribution is -0.111. The highest BCUT2D eigenvalue weighted by Crippen LogP contribution is 2.23. The maximum atomic E-state index is 11.7. The molecule has 1 rings (SSSR count). The molecule has 1 N–H and O–H groups in total. The molecule has 0 spiro atoms. The maximum Gasteiger partial charge on any atom is 0.412 e. The highest BCUT2D eigenvalue weighted by molar-refractivity contribution is 5.85. The van der Waals surface area contributed by atoms with Crippen molar-refractivity contribution >= 4 is 18.1 Å². The molecule has 0 aliphatic rings. The van der Waals surface area contributed by atoms with E-state index in [0.717, 1.165) is 11.8 Å². The largest absolute Gasteiger partial charge is 0.444 e. The second-order valence-corrected chi connectivity index (χ2v) is 6.05. The Bertz CT molecular complexity index is 473. The van der Waals surface area contributed by atoms with E-state index in [9.17, 15) is 9.59 Å². The summed E-state index contributed by atoms with van der Waals surface area (Å²) < 4.78 is 5.17. The number of anilines is 1. The van der Waals surface area contributed by atoms with Crippen LogP contribution in [0.5, 0.6) is 0 Å². The Labute approximate surface area is 114 Å². The van der Waals surface area contributed by atoms with Gasteiger partial charge in [0.1, 0.15) is 11.9 Å². The zero-order valence-electron chi connectivity index (χ0n) is 12.1. The Morgan fingerprint density at radius 1 is 1.21 bits per heavy atom. The number of hydrogen-bond acceptors (Lipinski definition) is 3. The minimum absolute atomic E-state index is 0.506. The molecule has 19 heavy (non-hydrogen) atoms. The Morgan fingerprint density at radius 2 is 1.84 bits per heavy atom. The van der Waals surface area contributed by atoms with Crippen LogP contribution < -0.4 is 5.32 Å². The summed E-state index contributed by atoms with van der Waals surface area (Å²) in [4.78, 5) is 22.7. The summed E-state index contributed by atoms with van der Waals surface area (Å²) in [6, 6.07) is 7.19. The first-order chi connectivity index (χ1) is 8.64. The molecular formula is C15H21NO3. The molecule has 1 aromatic rings. The van der Waals surface area contributed by atoms with E-state index < -0.39 is 17.1 Å². The minimum Gasteiger partial charge on any atom is -0.444 e. The van der Waals surface area contributed by atoms with Crippen molar-refractivity contribution < 1.29 is 14.3 Å². The normalized spacial score (nSPS) is 11.8. The fraction of sp³-hybridized carbons (Fsp3) is 0.467. The standard InChI is InChI=1S/C15H21NO3/c1-14(2,3)19-13(18)16-12-8-6-7-11(9-12)15(4,5)10-17/h6-10H,1-5H3,(H,16,18). The second kappa shape index (κ2) is 5.43. The van der Waals surface area contributed by atoms with Crippen LogP contribution in [-0.2, 0) is 14.9 Å². The average Bonchev–Trinajstić information content (AvgIpc) is 2.26. The topological polar surface area (TPSA) is 55.4 Å². The predicted molar refractivity (Wildman–Crippen MR) is 75.4 cm³/mol. The van der Waals surface area contributed by atoms with Crippen LogP contribution in [0, 0.1) is 0 Å². The average molecular weight is 263 g/mol. The molecule has 0 radical (unpaired) electrons. The second-order valence-electron chi connectivity index (χ2n) is 6.05. The molecular weight excluding hydrogens is 242 g/mol. The number of aldehydes is 1. The van der Waals surface area contributed by atoms with Crippen molar-refractivity contribution in [3.05, 3.63) is 29.8 Å². The van der Waals surface area contributed by atoms with Crippen molar-refractivity contribution in [2.75, 3.05) is 5.32 Å². The van der Waals surface area contributed by atoms with Crippen LogP contribution in [-0.4, -0.2) is 18.0 Å². The molecule has 0 fully saturated rings. The molecule has 0 aromatic heterocycles.